The standard InChI is InChI=1S/C21H29N3O2/c1-16-13-20(24(2)23-16)21(25)22-15-18-10-6-11-19(14-18)26-12-4-3-7-17-8-5-9-17/h6,10-11,13-14,17H,3-5,7-9,12,15H2,1-2H3,(H,22,25). The molecule has 0 bridgehead atoms. The van der Waals surface area contributed by atoms with Gasteiger partial charge in [0.25, 0.3) is 5.91 Å². The topological polar surface area (TPSA) is 56.1 Å². The quantitative estimate of drug-likeness (QED) is 0.692. The molecule has 2 aromatic rings. The Morgan fingerprint density at radius 2 is 2.15 bits per heavy atom. The fourth-order valence-electron chi connectivity index (χ4n) is 3.35. The first-order valence-electron chi connectivity index (χ1n) is 9.62. The third-order valence-corrected chi connectivity index (χ3v) is 5.09. The molecule has 26 heavy (non-hydrogen) atoms. The molecule has 1 heterocycles. The average Bonchev–Trinajstić information content (AvgIpc) is 2.93. The maximum Gasteiger partial charge on any atom is 0.269 e. The van der Waals surface area contributed by atoms with E-state index in [0.29, 0.717) is 12.2 Å². The maximum atomic E-state index is 12.3. The van der Waals surface area contributed by atoms with Gasteiger partial charge in [-0.2, -0.15) is 5.10 Å². The van der Waals surface area contributed by atoms with Crippen LogP contribution in [0, 0.1) is 12.8 Å². The fraction of sp³-hybridized carbons (Fsp3) is 0.524. The molecule has 0 aliphatic heterocycles. The Balaban J connectivity index is 1.41. The van der Waals surface area contributed by atoms with Gasteiger partial charge in [0, 0.05) is 13.6 Å². The van der Waals surface area contributed by atoms with Gasteiger partial charge in [-0.15, -0.1) is 0 Å². The van der Waals surface area contributed by atoms with Gasteiger partial charge in [0.05, 0.1) is 12.3 Å². The number of nitrogens with one attached hydrogen (secondary N) is 1. The maximum absolute atomic E-state index is 12.3. The van der Waals surface area contributed by atoms with Crippen LogP contribution >= 0.6 is 0 Å². The van der Waals surface area contributed by atoms with E-state index in [1.54, 1.807) is 17.8 Å². The number of rotatable bonds is 9. The molecular formula is C21H29N3O2. The van der Waals surface area contributed by atoms with Gasteiger partial charge in [-0.25, -0.2) is 0 Å². The molecule has 1 N–H and O–H groups in total. The molecule has 1 aliphatic rings. The Hall–Kier alpha value is -2.30. The molecule has 5 nitrogen and oxygen atoms in total. The predicted octanol–water partition coefficient (Wildman–Crippen LogP) is 4.01. The van der Waals surface area contributed by atoms with Crippen LogP contribution in [0.25, 0.3) is 0 Å². The van der Waals surface area contributed by atoms with Gasteiger partial charge in [0.15, 0.2) is 0 Å². The SMILES string of the molecule is Cc1cc(C(=O)NCc2cccc(OCCCCC3CCC3)c2)n(C)n1. The summed E-state index contributed by atoms with van der Waals surface area (Å²) in [6, 6.07) is 9.73. The molecule has 1 amide bonds. The number of carbonyl (C=O) groups is 1. The van der Waals surface area contributed by atoms with Gasteiger partial charge >= 0.3 is 0 Å². The molecule has 1 aromatic carbocycles. The van der Waals surface area contributed by atoms with Crippen LogP contribution in [-0.2, 0) is 13.6 Å². The summed E-state index contributed by atoms with van der Waals surface area (Å²) in [6.45, 7) is 3.11. The second-order valence-corrected chi connectivity index (χ2v) is 7.27. The van der Waals surface area contributed by atoms with Crippen molar-refractivity contribution in [3.8, 4) is 5.75 Å². The monoisotopic (exact) mass is 355 g/mol. The van der Waals surface area contributed by atoms with Crippen molar-refractivity contribution in [3.63, 3.8) is 0 Å². The van der Waals surface area contributed by atoms with Crippen molar-refractivity contribution in [2.75, 3.05) is 6.61 Å². The molecule has 0 unspecified atom stereocenters. The minimum Gasteiger partial charge on any atom is -0.494 e. The van der Waals surface area contributed by atoms with E-state index in [2.05, 4.69) is 10.4 Å². The lowest BCUT2D eigenvalue weighted by atomic mass is 9.82. The summed E-state index contributed by atoms with van der Waals surface area (Å²) in [7, 11) is 1.78. The molecule has 1 saturated carbocycles. The van der Waals surface area contributed by atoms with Gasteiger partial charge in [0.1, 0.15) is 11.4 Å². The van der Waals surface area contributed by atoms with Crippen molar-refractivity contribution in [2.24, 2.45) is 13.0 Å². The van der Waals surface area contributed by atoms with E-state index in [1.165, 1.54) is 32.1 Å². The van der Waals surface area contributed by atoms with Gasteiger partial charge < -0.3 is 10.1 Å². The van der Waals surface area contributed by atoms with E-state index >= 15 is 0 Å². The van der Waals surface area contributed by atoms with Crippen LogP contribution in [0.4, 0.5) is 0 Å². The smallest absolute Gasteiger partial charge is 0.269 e. The Labute approximate surface area is 155 Å². The highest BCUT2D eigenvalue weighted by atomic mass is 16.5. The fourth-order valence-corrected chi connectivity index (χ4v) is 3.35. The number of aryl methyl sites for hydroxylation is 2. The van der Waals surface area contributed by atoms with Crippen LogP contribution in [-0.4, -0.2) is 22.3 Å². The average molecular weight is 355 g/mol. The lowest BCUT2D eigenvalue weighted by Crippen LogP contribution is -2.25. The summed E-state index contributed by atoms with van der Waals surface area (Å²) in [4.78, 5) is 12.3. The van der Waals surface area contributed by atoms with E-state index in [1.807, 2.05) is 31.2 Å². The van der Waals surface area contributed by atoms with Crippen molar-refractivity contribution in [2.45, 2.75) is 52.0 Å². The van der Waals surface area contributed by atoms with E-state index in [9.17, 15) is 4.79 Å². The number of aromatic nitrogens is 2. The zero-order chi connectivity index (χ0) is 18.4. The summed E-state index contributed by atoms with van der Waals surface area (Å²) in [5, 5.41) is 7.15. The van der Waals surface area contributed by atoms with Crippen LogP contribution in [0.5, 0.6) is 5.75 Å². The molecule has 1 aliphatic carbocycles. The number of ether oxygens (including phenoxy) is 1. The van der Waals surface area contributed by atoms with E-state index < -0.39 is 0 Å². The summed E-state index contributed by atoms with van der Waals surface area (Å²) >= 11 is 0. The first kappa shape index (κ1) is 18.5. The first-order valence-corrected chi connectivity index (χ1v) is 9.62. The molecular weight excluding hydrogens is 326 g/mol. The molecule has 140 valence electrons. The Bertz CT molecular complexity index is 735. The predicted molar refractivity (Wildman–Crippen MR) is 102 cm³/mol. The molecule has 0 radical (unpaired) electrons. The Morgan fingerprint density at radius 1 is 1.31 bits per heavy atom. The number of benzene rings is 1. The van der Waals surface area contributed by atoms with E-state index in [4.69, 9.17) is 4.74 Å². The summed E-state index contributed by atoms with van der Waals surface area (Å²) in [6.07, 6.45) is 7.98. The number of hydrogen-bond acceptors (Lipinski definition) is 3. The summed E-state index contributed by atoms with van der Waals surface area (Å²) in [5.41, 5.74) is 2.44. The van der Waals surface area contributed by atoms with Crippen LogP contribution in [0.1, 0.15) is 60.3 Å². The van der Waals surface area contributed by atoms with Crippen LogP contribution in [0.15, 0.2) is 30.3 Å². The second-order valence-electron chi connectivity index (χ2n) is 7.27. The lowest BCUT2D eigenvalue weighted by Gasteiger charge is -2.24. The first-order chi connectivity index (χ1) is 12.6. The molecule has 0 spiro atoms. The lowest BCUT2D eigenvalue weighted by molar-refractivity contribution is 0.0941. The van der Waals surface area contributed by atoms with Crippen LogP contribution < -0.4 is 10.1 Å². The van der Waals surface area contributed by atoms with E-state index in [0.717, 1.165) is 36.0 Å². The minimum absolute atomic E-state index is 0.115. The van der Waals surface area contributed by atoms with Crippen molar-refractivity contribution in [1.29, 1.82) is 0 Å². The second kappa shape index (κ2) is 8.88. The third kappa shape index (κ3) is 5.10. The zero-order valence-corrected chi connectivity index (χ0v) is 15.8. The summed E-state index contributed by atoms with van der Waals surface area (Å²) < 4.78 is 7.47. The number of amides is 1. The third-order valence-electron chi connectivity index (χ3n) is 5.09. The highest BCUT2D eigenvalue weighted by molar-refractivity contribution is 5.92. The molecule has 0 saturated heterocycles. The van der Waals surface area contributed by atoms with Gasteiger partial charge in [-0.1, -0.05) is 37.8 Å². The van der Waals surface area contributed by atoms with Crippen LogP contribution in [0.2, 0.25) is 0 Å². The van der Waals surface area contributed by atoms with Gasteiger partial charge in [-0.05, 0) is 49.4 Å². The zero-order valence-electron chi connectivity index (χ0n) is 15.8. The van der Waals surface area contributed by atoms with Crippen molar-refractivity contribution < 1.29 is 9.53 Å². The number of carbonyl (C=O) groups excluding carboxylic acids is 1. The molecule has 1 fully saturated rings. The highest BCUT2D eigenvalue weighted by Crippen LogP contribution is 2.30. The van der Waals surface area contributed by atoms with Gasteiger partial charge in [-0.3, -0.25) is 9.48 Å². The van der Waals surface area contributed by atoms with Crippen LogP contribution in [0.3, 0.4) is 0 Å². The molecule has 5 heteroatoms. The minimum atomic E-state index is -0.115. The Kier molecular flexibility index (Phi) is 6.31. The largest absolute Gasteiger partial charge is 0.494 e. The van der Waals surface area contributed by atoms with Crippen molar-refractivity contribution >= 4 is 5.91 Å². The Morgan fingerprint density at radius 3 is 2.85 bits per heavy atom. The molecule has 0 atom stereocenters. The van der Waals surface area contributed by atoms with E-state index in [-0.39, 0.29) is 5.91 Å². The highest BCUT2D eigenvalue weighted by Gasteiger charge is 2.16. The number of nitrogens with zero attached hydrogens (tertiary/aromatic N) is 2. The normalized spacial score (nSPS) is 14.1. The molecule has 1 aromatic heterocycles. The van der Waals surface area contributed by atoms with Crippen molar-refractivity contribution in [3.05, 3.63) is 47.3 Å². The molecule has 3 rings (SSSR count). The summed E-state index contributed by atoms with van der Waals surface area (Å²) in [5.74, 6) is 1.73. The van der Waals surface area contributed by atoms with Gasteiger partial charge in [0.2, 0.25) is 0 Å². The number of unbranched alkanes of at least 4 members (excludes halogenated alkanes) is 1. The number of hydrogen-bond donors (Lipinski definition) is 1. The van der Waals surface area contributed by atoms with Crippen molar-refractivity contribution in [1.82, 2.24) is 15.1 Å².